The number of thiazole rings is 1. The van der Waals surface area contributed by atoms with Crippen molar-refractivity contribution in [2.24, 2.45) is 0 Å². The van der Waals surface area contributed by atoms with Crippen LogP contribution < -0.4 is 10.1 Å². The lowest BCUT2D eigenvalue weighted by atomic mass is 10.2. The number of aromatic nitrogens is 3. The number of hydrogen-bond acceptors (Lipinski definition) is 5. The smallest absolute Gasteiger partial charge is 0.255 e. The van der Waals surface area contributed by atoms with Crippen molar-refractivity contribution < 1.29 is 9.53 Å². The highest BCUT2D eigenvalue weighted by atomic mass is 32.1. The highest BCUT2D eigenvalue weighted by molar-refractivity contribution is 7.18. The van der Waals surface area contributed by atoms with E-state index in [0.29, 0.717) is 24.5 Å². The van der Waals surface area contributed by atoms with Gasteiger partial charge in [0.05, 0.1) is 26.5 Å². The number of amides is 1. The second kappa shape index (κ2) is 9.42. The SMILES string of the molecule is Cc1cccn2cc(COc3ccccc3C(=O)NCCCc3nc4ccccc4s3)nc12. The van der Waals surface area contributed by atoms with Crippen LogP contribution in [0.4, 0.5) is 0 Å². The lowest BCUT2D eigenvalue weighted by Gasteiger charge is -2.11. The first-order valence-corrected chi connectivity index (χ1v) is 11.8. The Balaban J connectivity index is 1.17. The molecule has 5 aromatic rings. The van der Waals surface area contributed by atoms with Gasteiger partial charge in [-0.1, -0.05) is 30.3 Å². The maximum absolute atomic E-state index is 12.8. The lowest BCUT2D eigenvalue weighted by molar-refractivity contribution is 0.0948. The molecular weight excluding hydrogens is 432 g/mol. The maximum atomic E-state index is 12.8. The van der Waals surface area contributed by atoms with Crippen molar-refractivity contribution in [2.45, 2.75) is 26.4 Å². The number of fused-ring (bicyclic) bond motifs is 2. The van der Waals surface area contributed by atoms with Gasteiger partial charge in [0.25, 0.3) is 5.91 Å². The molecule has 33 heavy (non-hydrogen) atoms. The van der Waals surface area contributed by atoms with Crippen molar-refractivity contribution in [3.05, 3.63) is 94.9 Å². The quantitative estimate of drug-likeness (QED) is 0.326. The van der Waals surface area contributed by atoms with E-state index >= 15 is 0 Å². The molecule has 0 bridgehead atoms. The third-order valence-electron chi connectivity index (χ3n) is 5.43. The molecule has 0 spiro atoms. The maximum Gasteiger partial charge on any atom is 0.255 e. The molecule has 1 N–H and O–H groups in total. The number of aryl methyl sites for hydroxylation is 2. The summed E-state index contributed by atoms with van der Waals surface area (Å²) < 4.78 is 9.16. The molecule has 0 aliphatic carbocycles. The Bertz CT molecular complexity index is 1390. The molecule has 0 unspecified atom stereocenters. The Hall–Kier alpha value is -3.71. The number of nitrogens with zero attached hydrogens (tertiary/aromatic N) is 3. The molecule has 166 valence electrons. The highest BCUT2D eigenvalue weighted by Gasteiger charge is 2.13. The Morgan fingerprint density at radius 2 is 1.91 bits per heavy atom. The molecule has 0 saturated heterocycles. The molecule has 7 heteroatoms. The van der Waals surface area contributed by atoms with Gasteiger partial charge in [-0.05, 0) is 49.2 Å². The zero-order valence-electron chi connectivity index (χ0n) is 18.3. The van der Waals surface area contributed by atoms with Crippen molar-refractivity contribution in [1.82, 2.24) is 19.7 Å². The molecule has 6 nitrogen and oxygen atoms in total. The van der Waals surface area contributed by atoms with Gasteiger partial charge < -0.3 is 14.5 Å². The van der Waals surface area contributed by atoms with Crippen LogP contribution in [0.2, 0.25) is 0 Å². The topological polar surface area (TPSA) is 68.5 Å². The van der Waals surface area contributed by atoms with Crippen LogP contribution in [-0.4, -0.2) is 26.8 Å². The second-order valence-electron chi connectivity index (χ2n) is 7.87. The summed E-state index contributed by atoms with van der Waals surface area (Å²) in [6.07, 6.45) is 5.59. The Morgan fingerprint density at radius 1 is 1.06 bits per heavy atom. The van der Waals surface area contributed by atoms with Gasteiger partial charge in [0.15, 0.2) is 0 Å². The van der Waals surface area contributed by atoms with E-state index in [1.54, 1.807) is 17.4 Å². The van der Waals surface area contributed by atoms with Gasteiger partial charge in [0.2, 0.25) is 0 Å². The van der Waals surface area contributed by atoms with Gasteiger partial charge in [0, 0.05) is 25.4 Å². The van der Waals surface area contributed by atoms with Gasteiger partial charge in [0.1, 0.15) is 18.0 Å². The number of hydrogen-bond donors (Lipinski definition) is 1. The first-order valence-electron chi connectivity index (χ1n) is 10.9. The molecule has 3 heterocycles. The van der Waals surface area contributed by atoms with E-state index in [0.717, 1.165) is 40.3 Å². The van der Waals surface area contributed by atoms with Crippen LogP contribution in [0.15, 0.2) is 73.1 Å². The van der Waals surface area contributed by atoms with Crippen LogP contribution in [0.25, 0.3) is 15.9 Å². The van der Waals surface area contributed by atoms with Crippen LogP contribution in [-0.2, 0) is 13.0 Å². The van der Waals surface area contributed by atoms with Crippen LogP contribution in [0, 0.1) is 6.92 Å². The summed E-state index contributed by atoms with van der Waals surface area (Å²) in [6.45, 7) is 2.90. The molecule has 0 saturated carbocycles. The largest absolute Gasteiger partial charge is 0.486 e. The number of imidazole rings is 1. The van der Waals surface area contributed by atoms with E-state index in [2.05, 4.69) is 21.4 Å². The summed E-state index contributed by atoms with van der Waals surface area (Å²) >= 11 is 1.71. The fourth-order valence-electron chi connectivity index (χ4n) is 3.77. The van der Waals surface area contributed by atoms with Gasteiger partial charge in [-0.15, -0.1) is 11.3 Å². The van der Waals surface area contributed by atoms with Gasteiger partial charge in [-0.2, -0.15) is 0 Å². The molecule has 1 amide bonds. The molecule has 0 radical (unpaired) electrons. The molecule has 0 atom stereocenters. The number of pyridine rings is 1. The predicted octanol–water partition coefficient (Wildman–Crippen LogP) is 5.19. The summed E-state index contributed by atoms with van der Waals surface area (Å²) in [6, 6.07) is 19.5. The minimum absolute atomic E-state index is 0.138. The van der Waals surface area contributed by atoms with E-state index in [-0.39, 0.29) is 5.91 Å². The van der Waals surface area contributed by atoms with E-state index < -0.39 is 0 Å². The van der Waals surface area contributed by atoms with Crippen LogP contribution in [0.5, 0.6) is 5.75 Å². The Labute approximate surface area is 195 Å². The lowest BCUT2D eigenvalue weighted by Crippen LogP contribution is -2.25. The third-order valence-corrected chi connectivity index (χ3v) is 6.52. The number of ether oxygens (including phenoxy) is 1. The van der Waals surface area contributed by atoms with Crippen LogP contribution in [0.1, 0.15) is 33.0 Å². The standard InChI is InChI=1S/C26H24N4O2S/c1-18-8-7-15-30-16-19(28-25(18)30)17-32-22-11-4-2-9-20(22)26(31)27-14-6-13-24-29-21-10-3-5-12-23(21)33-24/h2-5,7-12,15-16H,6,13-14,17H2,1H3,(H,27,31). The summed E-state index contributed by atoms with van der Waals surface area (Å²) in [5.41, 5.74) is 4.39. The first-order chi connectivity index (χ1) is 16.2. The van der Waals surface area contributed by atoms with E-state index in [1.807, 2.05) is 72.2 Å². The molecule has 0 aliphatic heterocycles. The molecule has 3 aromatic heterocycles. The number of carbonyl (C=O) groups is 1. The summed E-state index contributed by atoms with van der Waals surface area (Å²) in [5, 5.41) is 4.10. The zero-order chi connectivity index (χ0) is 22.6. The second-order valence-corrected chi connectivity index (χ2v) is 8.99. The van der Waals surface area contributed by atoms with Crippen molar-refractivity contribution >= 4 is 33.1 Å². The number of nitrogens with one attached hydrogen (secondary N) is 1. The average molecular weight is 457 g/mol. The Kier molecular flexibility index (Phi) is 6.04. The van der Waals surface area contributed by atoms with Crippen molar-refractivity contribution in [2.75, 3.05) is 6.54 Å². The van der Waals surface area contributed by atoms with E-state index in [9.17, 15) is 4.79 Å². The molecule has 0 aliphatic rings. The van der Waals surface area contributed by atoms with Crippen molar-refractivity contribution in [1.29, 1.82) is 0 Å². The zero-order valence-corrected chi connectivity index (χ0v) is 19.1. The normalized spacial score (nSPS) is 11.2. The summed E-state index contributed by atoms with van der Waals surface area (Å²) in [4.78, 5) is 22.1. The fraction of sp³-hybridized carbons (Fsp3) is 0.192. The molecule has 5 rings (SSSR count). The number of rotatable bonds is 8. The van der Waals surface area contributed by atoms with E-state index in [4.69, 9.17) is 4.74 Å². The average Bonchev–Trinajstić information content (AvgIpc) is 3.45. The summed E-state index contributed by atoms with van der Waals surface area (Å²) in [5.74, 6) is 0.413. The van der Waals surface area contributed by atoms with Crippen molar-refractivity contribution in [3.63, 3.8) is 0 Å². The first kappa shape index (κ1) is 21.2. The van der Waals surface area contributed by atoms with Crippen LogP contribution in [0.3, 0.4) is 0 Å². The van der Waals surface area contributed by atoms with Gasteiger partial charge >= 0.3 is 0 Å². The minimum Gasteiger partial charge on any atom is -0.486 e. The van der Waals surface area contributed by atoms with E-state index in [1.165, 1.54) is 4.70 Å². The number of benzene rings is 2. The fourth-order valence-corrected chi connectivity index (χ4v) is 4.78. The van der Waals surface area contributed by atoms with Crippen molar-refractivity contribution in [3.8, 4) is 5.75 Å². The molecule has 0 fully saturated rings. The highest BCUT2D eigenvalue weighted by Crippen LogP contribution is 2.23. The number of carbonyl (C=O) groups excluding carboxylic acids is 1. The third kappa shape index (κ3) is 4.73. The summed E-state index contributed by atoms with van der Waals surface area (Å²) in [7, 11) is 0. The molecule has 2 aromatic carbocycles. The minimum atomic E-state index is -0.138. The molecular formula is C26H24N4O2S. The van der Waals surface area contributed by atoms with Crippen LogP contribution >= 0.6 is 11.3 Å². The van der Waals surface area contributed by atoms with Gasteiger partial charge in [-0.3, -0.25) is 4.79 Å². The number of para-hydroxylation sites is 2. The monoisotopic (exact) mass is 456 g/mol. The Morgan fingerprint density at radius 3 is 2.79 bits per heavy atom. The predicted molar refractivity (Wildman–Crippen MR) is 131 cm³/mol. The van der Waals surface area contributed by atoms with Gasteiger partial charge in [-0.25, -0.2) is 9.97 Å².